The first kappa shape index (κ1) is 17.0. The number of aliphatic hydroxyl groups is 2. The van der Waals surface area contributed by atoms with Crippen LogP contribution >= 0.6 is 11.3 Å². The van der Waals surface area contributed by atoms with Gasteiger partial charge in [-0.3, -0.25) is 4.79 Å². The molecule has 10 nitrogen and oxygen atoms in total. The zero-order chi connectivity index (χ0) is 18.1. The summed E-state index contributed by atoms with van der Waals surface area (Å²) >= 11 is 1.19. The van der Waals surface area contributed by atoms with Gasteiger partial charge in [0.1, 0.15) is 9.71 Å². The van der Waals surface area contributed by atoms with Gasteiger partial charge in [0.2, 0.25) is 0 Å². The van der Waals surface area contributed by atoms with Crippen molar-refractivity contribution in [2.45, 2.75) is 19.8 Å². The van der Waals surface area contributed by atoms with Crippen LogP contribution in [0.4, 0.5) is 0 Å². The van der Waals surface area contributed by atoms with Crippen LogP contribution in [0, 0.1) is 0 Å². The fraction of sp³-hybridized carbons (Fsp3) is 0.214. The van der Waals surface area contributed by atoms with Crippen LogP contribution in [0.1, 0.15) is 23.2 Å². The second-order valence-corrected chi connectivity index (χ2v) is 6.26. The summed E-state index contributed by atoms with van der Waals surface area (Å²) in [5, 5.41) is 22.9. The van der Waals surface area contributed by atoms with Crippen LogP contribution in [0.25, 0.3) is 27.0 Å². The number of aromatic nitrogens is 5. The molecule has 0 fully saturated rings. The van der Waals surface area contributed by atoms with Crippen LogP contribution in [0.5, 0.6) is 0 Å². The zero-order valence-corrected chi connectivity index (χ0v) is 13.9. The molecule has 3 aromatic heterocycles. The average molecular weight is 361 g/mol. The van der Waals surface area contributed by atoms with Crippen molar-refractivity contribution in [1.29, 1.82) is 0 Å². The molecule has 0 radical (unpaired) electrons. The lowest BCUT2D eigenvalue weighted by Gasteiger charge is -2.03. The number of fused-ring (bicyclic) bond motifs is 1. The number of nitrogens with zero attached hydrogens (tertiary/aromatic N) is 5. The Morgan fingerprint density at radius 1 is 1.36 bits per heavy atom. The first-order chi connectivity index (χ1) is 11.8. The molecule has 0 aromatic carbocycles. The molecule has 0 saturated carbocycles. The molecule has 3 aromatic rings. The molecule has 130 valence electrons. The molecule has 3 rings (SSSR count). The highest BCUT2D eigenvalue weighted by Gasteiger charge is 2.21. The Bertz CT molecular complexity index is 955. The van der Waals surface area contributed by atoms with Crippen molar-refractivity contribution in [1.82, 2.24) is 24.7 Å². The van der Waals surface area contributed by atoms with Gasteiger partial charge in [0.25, 0.3) is 5.91 Å². The third-order valence-corrected chi connectivity index (χ3v) is 4.24. The van der Waals surface area contributed by atoms with Gasteiger partial charge in [-0.05, 0) is 6.92 Å². The predicted molar refractivity (Wildman–Crippen MR) is 91.0 cm³/mol. The summed E-state index contributed by atoms with van der Waals surface area (Å²) in [5.41, 5.74) is 12.5. The molecule has 0 aliphatic rings. The highest BCUT2D eigenvalue weighted by Crippen LogP contribution is 2.31. The van der Waals surface area contributed by atoms with E-state index >= 15 is 0 Å². The van der Waals surface area contributed by atoms with E-state index in [1.165, 1.54) is 16.0 Å². The maximum absolute atomic E-state index is 11.6. The normalized spacial score (nSPS) is 12.2. The molecule has 11 heteroatoms. The standard InChI is InChI=1S/C14H15N7O3S/c1-6(15)2-8-17-3-7(4-18-8)14-19-13-11(25-14)10(12(16)24)20-21(13)5-9(22)23/h2-4,9,22-23H,5,15H2,1H3,(H2,16,24). The molecule has 3 heterocycles. The van der Waals surface area contributed by atoms with E-state index in [0.717, 1.165) is 0 Å². The maximum Gasteiger partial charge on any atom is 0.270 e. The van der Waals surface area contributed by atoms with Gasteiger partial charge in [-0.2, -0.15) is 5.10 Å². The molecule has 0 atom stereocenters. The van der Waals surface area contributed by atoms with E-state index in [1.54, 1.807) is 25.4 Å². The second-order valence-electron chi connectivity index (χ2n) is 5.27. The predicted octanol–water partition coefficient (Wildman–Crippen LogP) is -0.321. The lowest BCUT2D eigenvalue weighted by molar-refractivity contribution is -0.0528. The molecule has 0 spiro atoms. The monoisotopic (exact) mass is 361 g/mol. The van der Waals surface area contributed by atoms with Crippen molar-refractivity contribution in [3.63, 3.8) is 0 Å². The highest BCUT2D eigenvalue weighted by molar-refractivity contribution is 7.22. The zero-order valence-electron chi connectivity index (χ0n) is 13.1. The molecule has 0 bridgehead atoms. The van der Waals surface area contributed by atoms with E-state index in [0.29, 0.717) is 32.4 Å². The van der Waals surface area contributed by atoms with Crippen molar-refractivity contribution in [2.24, 2.45) is 11.5 Å². The van der Waals surface area contributed by atoms with E-state index in [4.69, 9.17) is 21.7 Å². The third-order valence-electron chi connectivity index (χ3n) is 3.13. The number of allylic oxidation sites excluding steroid dienone is 1. The largest absolute Gasteiger partial charge is 0.402 e. The van der Waals surface area contributed by atoms with Gasteiger partial charge in [0, 0.05) is 29.7 Å². The molecular weight excluding hydrogens is 346 g/mol. The number of rotatable bonds is 5. The lowest BCUT2D eigenvalue weighted by atomic mass is 10.3. The van der Waals surface area contributed by atoms with Crippen molar-refractivity contribution in [3.8, 4) is 10.6 Å². The Morgan fingerprint density at radius 3 is 2.60 bits per heavy atom. The topological polar surface area (TPSA) is 166 Å². The number of primary amides is 1. The van der Waals surface area contributed by atoms with Crippen molar-refractivity contribution < 1.29 is 15.0 Å². The van der Waals surface area contributed by atoms with Crippen LogP contribution in [-0.2, 0) is 6.54 Å². The third kappa shape index (κ3) is 3.47. The van der Waals surface area contributed by atoms with Crippen LogP contribution in [0.3, 0.4) is 0 Å². The van der Waals surface area contributed by atoms with Gasteiger partial charge in [-0.25, -0.2) is 19.6 Å². The minimum atomic E-state index is -1.64. The summed E-state index contributed by atoms with van der Waals surface area (Å²) in [4.78, 5) is 24.3. The minimum Gasteiger partial charge on any atom is -0.402 e. The number of nitrogens with two attached hydrogens (primary N) is 2. The number of thiazole rings is 1. The molecule has 25 heavy (non-hydrogen) atoms. The molecule has 6 N–H and O–H groups in total. The van der Waals surface area contributed by atoms with E-state index < -0.39 is 12.2 Å². The molecule has 0 aliphatic carbocycles. The Kier molecular flexibility index (Phi) is 4.44. The number of carbonyl (C=O) groups is 1. The van der Waals surface area contributed by atoms with Gasteiger partial charge in [0.05, 0.1) is 6.54 Å². The van der Waals surface area contributed by atoms with Gasteiger partial charge in [-0.15, -0.1) is 11.3 Å². The van der Waals surface area contributed by atoms with Crippen molar-refractivity contribution in [3.05, 3.63) is 29.6 Å². The van der Waals surface area contributed by atoms with Crippen LogP contribution in [-0.4, -0.2) is 47.1 Å². The summed E-state index contributed by atoms with van der Waals surface area (Å²) in [6, 6.07) is 0. The SMILES string of the molecule is CC(N)=Cc1ncc(-c2nc3c(s2)c(C(N)=O)nn3CC(O)O)cn1. The highest BCUT2D eigenvalue weighted by atomic mass is 32.1. The summed E-state index contributed by atoms with van der Waals surface area (Å²) in [6.45, 7) is 1.50. The molecule has 0 saturated heterocycles. The van der Waals surface area contributed by atoms with Crippen molar-refractivity contribution >= 4 is 33.7 Å². The van der Waals surface area contributed by atoms with E-state index in [1.807, 2.05) is 0 Å². The Hall–Kier alpha value is -2.89. The minimum absolute atomic E-state index is 0.0265. The fourth-order valence-corrected chi connectivity index (χ4v) is 3.18. The molecule has 0 aliphatic heterocycles. The summed E-state index contributed by atoms with van der Waals surface area (Å²) in [5.74, 6) is -0.251. The summed E-state index contributed by atoms with van der Waals surface area (Å²) in [6.07, 6.45) is 3.17. The van der Waals surface area contributed by atoms with Crippen LogP contribution in [0.15, 0.2) is 18.1 Å². The first-order valence-corrected chi connectivity index (χ1v) is 7.96. The fourth-order valence-electron chi connectivity index (χ4n) is 2.15. The van der Waals surface area contributed by atoms with Gasteiger partial charge in [0.15, 0.2) is 23.5 Å². The number of carbonyl (C=O) groups excluding carboxylic acids is 1. The maximum atomic E-state index is 11.6. The van der Waals surface area contributed by atoms with Gasteiger partial charge < -0.3 is 21.7 Å². The smallest absolute Gasteiger partial charge is 0.270 e. The Labute approximate surface area is 145 Å². The quantitative estimate of drug-likeness (QED) is 0.449. The van der Waals surface area contributed by atoms with Crippen LogP contribution in [0.2, 0.25) is 0 Å². The summed E-state index contributed by atoms with van der Waals surface area (Å²) in [7, 11) is 0. The average Bonchev–Trinajstić information content (AvgIpc) is 3.07. The van der Waals surface area contributed by atoms with Gasteiger partial charge >= 0.3 is 0 Å². The molecule has 0 unspecified atom stereocenters. The van der Waals surface area contributed by atoms with Crippen molar-refractivity contribution in [2.75, 3.05) is 0 Å². The van der Waals surface area contributed by atoms with E-state index in [-0.39, 0.29) is 12.2 Å². The number of hydrogen-bond acceptors (Lipinski definition) is 9. The van der Waals surface area contributed by atoms with Gasteiger partial charge in [-0.1, -0.05) is 0 Å². The Morgan fingerprint density at radius 2 is 2.04 bits per heavy atom. The van der Waals surface area contributed by atoms with Crippen LogP contribution < -0.4 is 11.5 Å². The molecular formula is C14H15N7O3S. The van der Waals surface area contributed by atoms with E-state index in [9.17, 15) is 4.79 Å². The number of amides is 1. The Balaban J connectivity index is 2.05. The number of hydrogen-bond donors (Lipinski definition) is 4. The number of aliphatic hydroxyl groups excluding tert-OH is 1. The van der Waals surface area contributed by atoms with E-state index in [2.05, 4.69) is 20.1 Å². The lowest BCUT2D eigenvalue weighted by Crippen LogP contribution is -2.18. The molecule has 1 amide bonds. The second kappa shape index (κ2) is 6.55. The summed E-state index contributed by atoms with van der Waals surface area (Å²) < 4.78 is 1.69. The first-order valence-electron chi connectivity index (χ1n) is 7.14.